The Morgan fingerprint density at radius 2 is 1.75 bits per heavy atom. The van der Waals surface area contributed by atoms with E-state index in [1.807, 2.05) is 37.3 Å². The largest absolute Gasteiger partial charge is 0.493 e. The highest BCUT2D eigenvalue weighted by atomic mass is 32.1. The molecule has 1 atom stereocenters. The van der Waals surface area contributed by atoms with Gasteiger partial charge in [0.2, 0.25) is 0 Å². The topological polar surface area (TPSA) is 64.6 Å². The fourth-order valence-electron chi connectivity index (χ4n) is 2.01. The van der Waals surface area contributed by atoms with Crippen molar-refractivity contribution >= 4 is 23.1 Å². The first-order valence-electron chi connectivity index (χ1n) is 7.46. The lowest BCUT2D eigenvalue weighted by atomic mass is 10.3. The number of methoxy groups -OCH3 is 2. The Kier molecular flexibility index (Phi) is 6.62. The third kappa shape index (κ3) is 4.99. The number of ether oxygens (including phenoxy) is 3. The highest BCUT2D eigenvalue weighted by molar-refractivity contribution is 7.80. The number of nitrogens with one attached hydrogen (secondary N) is 2. The first-order valence-corrected chi connectivity index (χ1v) is 7.87. The lowest BCUT2D eigenvalue weighted by molar-refractivity contribution is 0.270. The molecule has 0 aliphatic carbocycles. The van der Waals surface area contributed by atoms with Crippen LogP contribution in [-0.2, 0) is 0 Å². The Labute approximate surface area is 147 Å². The van der Waals surface area contributed by atoms with Crippen molar-refractivity contribution in [2.24, 2.45) is 0 Å². The van der Waals surface area contributed by atoms with E-state index in [1.54, 1.807) is 26.5 Å². The molecule has 0 unspecified atom stereocenters. The number of nitrogens with zero attached hydrogens (tertiary/aromatic N) is 1. The molecule has 0 radical (unpaired) electrons. The molecule has 1 aromatic carbocycles. The molecule has 128 valence electrons. The van der Waals surface area contributed by atoms with Gasteiger partial charge in [0.25, 0.3) is 0 Å². The van der Waals surface area contributed by atoms with Crippen LogP contribution in [0.2, 0.25) is 0 Å². The molecule has 2 rings (SSSR count). The summed E-state index contributed by atoms with van der Waals surface area (Å²) in [6, 6.07) is 11.1. The first-order chi connectivity index (χ1) is 11.6. The predicted molar refractivity (Wildman–Crippen MR) is 98.1 cm³/mol. The van der Waals surface area contributed by atoms with Gasteiger partial charge in [-0.2, -0.15) is 0 Å². The van der Waals surface area contributed by atoms with Gasteiger partial charge in [-0.05, 0) is 43.4 Å². The highest BCUT2D eigenvalue weighted by Crippen LogP contribution is 2.25. The molecule has 0 aliphatic heterocycles. The zero-order valence-electron chi connectivity index (χ0n) is 13.9. The highest BCUT2D eigenvalue weighted by Gasteiger charge is 2.10. The van der Waals surface area contributed by atoms with Crippen LogP contribution in [-0.4, -0.2) is 37.0 Å². The molecule has 0 spiro atoms. The number of hydrogen-bond donors (Lipinski definition) is 2. The number of para-hydroxylation sites is 2. The number of thiocarbonyl (C=S) groups is 1. The van der Waals surface area contributed by atoms with Gasteiger partial charge in [0.05, 0.1) is 20.3 Å². The number of benzene rings is 1. The molecular weight excluding hydrogens is 326 g/mol. The predicted octanol–water partition coefficient (Wildman–Crippen LogP) is 2.85. The smallest absolute Gasteiger partial charge is 0.174 e. The van der Waals surface area contributed by atoms with Crippen molar-refractivity contribution in [2.45, 2.75) is 13.0 Å². The zero-order chi connectivity index (χ0) is 17.4. The maximum Gasteiger partial charge on any atom is 0.174 e. The summed E-state index contributed by atoms with van der Waals surface area (Å²) >= 11 is 5.30. The summed E-state index contributed by atoms with van der Waals surface area (Å²) in [5.41, 5.74) is 0. The first kappa shape index (κ1) is 17.8. The average molecular weight is 347 g/mol. The van der Waals surface area contributed by atoms with Gasteiger partial charge in [0.15, 0.2) is 28.2 Å². The van der Waals surface area contributed by atoms with E-state index in [2.05, 4.69) is 15.6 Å². The molecular formula is C17H21N3O3S. The van der Waals surface area contributed by atoms with Gasteiger partial charge >= 0.3 is 0 Å². The lowest BCUT2D eigenvalue weighted by Crippen LogP contribution is -2.39. The van der Waals surface area contributed by atoms with Crippen LogP contribution in [0.5, 0.6) is 17.2 Å². The van der Waals surface area contributed by atoms with Crippen molar-refractivity contribution in [3.8, 4) is 17.2 Å². The second kappa shape index (κ2) is 8.93. The van der Waals surface area contributed by atoms with E-state index in [9.17, 15) is 0 Å². The van der Waals surface area contributed by atoms with E-state index >= 15 is 0 Å². The third-order valence-corrected chi connectivity index (χ3v) is 3.38. The maximum absolute atomic E-state index is 5.77. The molecule has 1 aromatic heterocycles. The fourth-order valence-corrected chi connectivity index (χ4v) is 2.31. The van der Waals surface area contributed by atoms with Crippen molar-refractivity contribution in [3.63, 3.8) is 0 Å². The third-order valence-electron chi connectivity index (χ3n) is 3.16. The summed E-state index contributed by atoms with van der Waals surface area (Å²) in [5, 5.41) is 6.61. The van der Waals surface area contributed by atoms with Gasteiger partial charge < -0.3 is 24.8 Å². The van der Waals surface area contributed by atoms with Crippen LogP contribution in [0.15, 0.2) is 42.6 Å². The van der Waals surface area contributed by atoms with Crippen LogP contribution in [0.1, 0.15) is 6.92 Å². The summed E-state index contributed by atoms with van der Waals surface area (Å²) < 4.78 is 16.3. The number of hydrogen-bond acceptors (Lipinski definition) is 5. The van der Waals surface area contributed by atoms with Crippen molar-refractivity contribution in [2.75, 3.05) is 26.1 Å². The summed E-state index contributed by atoms with van der Waals surface area (Å²) in [6.07, 6.45) is 1.67. The molecule has 6 nitrogen and oxygen atoms in total. The quantitative estimate of drug-likeness (QED) is 0.747. The average Bonchev–Trinajstić information content (AvgIpc) is 2.60. The minimum atomic E-state index is -0.00961. The second-order valence-electron chi connectivity index (χ2n) is 5.02. The summed E-state index contributed by atoms with van der Waals surface area (Å²) in [5.74, 6) is 2.58. The number of anilines is 1. The maximum atomic E-state index is 5.77. The van der Waals surface area contributed by atoms with Crippen LogP contribution >= 0.6 is 12.2 Å². The number of aromatic nitrogens is 1. The second-order valence-corrected chi connectivity index (χ2v) is 5.42. The Bertz CT molecular complexity index is 682. The Morgan fingerprint density at radius 1 is 1.08 bits per heavy atom. The molecule has 0 fully saturated rings. The van der Waals surface area contributed by atoms with Crippen LogP contribution in [0, 0.1) is 0 Å². The van der Waals surface area contributed by atoms with Crippen LogP contribution in [0.25, 0.3) is 0 Å². The summed E-state index contributed by atoms with van der Waals surface area (Å²) in [6.45, 7) is 2.40. The Balaban J connectivity index is 1.85. The van der Waals surface area contributed by atoms with Gasteiger partial charge in [-0.25, -0.2) is 4.98 Å². The SMILES string of the molecule is COc1ccccc1OC[C@@H](C)NC(=S)Nc1ncccc1OC. The van der Waals surface area contributed by atoms with E-state index in [-0.39, 0.29) is 6.04 Å². The monoisotopic (exact) mass is 347 g/mol. The van der Waals surface area contributed by atoms with E-state index in [1.165, 1.54) is 0 Å². The molecule has 7 heteroatoms. The molecule has 0 aliphatic rings. The normalized spacial score (nSPS) is 11.3. The van der Waals surface area contributed by atoms with E-state index in [4.69, 9.17) is 26.4 Å². The minimum Gasteiger partial charge on any atom is -0.493 e. The molecule has 1 heterocycles. The van der Waals surface area contributed by atoms with Gasteiger partial charge in [0.1, 0.15) is 6.61 Å². The van der Waals surface area contributed by atoms with Crippen molar-refractivity contribution in [1.82, 2.24) is 10.3 Å². The Morgan fingerprint density at radius 3 is 2.46 bits per heavy atom. The zero-order valence-corrected chi connectivity index (χ0v) is 14.7. The van der Waals surface area contributed by atoms with Crippen LogP contribution in [0.3, 0.4) is 0 Å². The van der Waals surface area contributed by atoms with Gasteiger partial charge in [0, 0.05) is 6.20 Å². The molecule has 24 heavy (non-hydrogen) atoms. The van der Waals surface area contributed by atoms with E-state index < -0.39 is 0 Å². The van der Waals surface area contributed by atoms with Crippen molar-refractivity contribution in [1.29, 1.82) is 0 Å². The Hall–Kier alpha value is -2.54. The lowest BCUT2D eigenvalue weighted by Gasteiger charge is -2.18. The molecule has 2 N–H and O–H groups in total. The van der Waals surface area contributed by atoms with Crippen molar-refractivity contribution in [3.05, 3.63) is 42.6 Å². The van der Waals surface area contributed by atoms with Crippen molar-refractivity contribution < 1.29 is 14.2 Å². The molecule has 0 bridgehead atoms. The molecule has 0 saturated heterocycles. The number of rotatable bonds is 7. The van der Waals surface area contributed by atoms with E-state index in [0.29, 0.717) is 34.8 Å². The van der Waals surface area contributed by atoms with Crippen LogP contribution in [0.4, 0.5) is 5.82 Å². The van der Waals surface area contributed by atoms with Crippen LogP contribution < -0.4 is 24.8 Å². The number of pyridine rings is 1. The molecule has 0 amide bonds. The van der Waals surface area contributed by atoms with Gasteiger partial charge in [-0.3, -0.25) is 0 Å². The van der Waals surface area contributed by atoms with Gasteiger partial charge in [-0.15, -0.1) is 0 Å². The summed E-state index contributed by atoms with van der Waals surface area (Å²) in [7, 11) is 3.20. The minimum absolute atomic E-state index is 0.00961. The fraction of sp³-hybridized carbons (Fsp3) is 0.294. The molecule has 0 saturated carbocycles. The van der Waals surface area contributed by atoms with Gasteiger partial charge in [-0.1, -0.05) is 12.1 Å². The summed E-state index contributed by atoms with van der Waals surface area (Å²) in [4.78, 5) is 4.20. The van der Waals surface area contributed by atoms with E-state index in [0.717, 1.165) is 0 Å². The standard InChI is InChI=1S/C17H21N3O3S/c1-12(11-23-14-8-5-4-7-13(14)21-2)19-17(24)20-16-15(22-3)9-6-10-18-16/h4-10,12H,11H2,1-3H3,(H2,18,19,20,24)/t12-/m1/s1. The molecule has 2 aromatic rings.